The van der Waals surface area contributed by atoms with Gasteiger partial charge in [0.05, 0.1) is 0 Å². The molecule has 0 saturated carbocycles. The van der Waals surface area contributed by atoms with E-state index in [1.54, 1.807) is 30.3 Å². The van der Waals surface area contributed by atoms with E-state index in [-0.39, 0.29) is 11.3 Å². The smallest absolute Gasteiger partial charge is 0.347 e. The quantitative estimate of drug-likeness (QED) is 0.490. The zero-order valence-corrected chi connectivity index (χ0v) is 11.2. The fourth-order valence-corrected chi connectivity index (χ4v) is 1.67. The lowest BCUT2D eigenvalue weighted by Crippen LogP contribution is -2.13. The Morgan fingerprint density at radius 1 is 1.00 bits per heavy atom. The highest BCUT2D eigenvalue weighted by Crippen LogP contribution is 2.22. The predicted octanol–water partition coefficient (Wildman–Crippen LogP) is 2.64. The molecule has 0 radical (unpaired) electrons. The first-order valence-electron chi connectivity index (χ1n) is 6.15. The molecule has 0 saturated heterocycles. The van der Waals surface area contributed by atoms with Crippen LogP contribution in [0.25, 0.3) is 0 Å². The molecule has 5 heteroatoms. The molecule has 0 heterocycles. The van der Waals surface area contributed by atoms with E-state index in [0.717, 1.165) is 0 Å². The normalized spacial score (nSPS) is 9.76. The number of rotatable bonds is 4. The molecule has 0 aliphatic carbocycles. The van der Waals surface area contributed by atoms with Crippen LogP contribution in [0.15, 0.2) is 48.5 Å². The summed E-state index contributed by atoms with van der Waals surface area (Å²) in [5.74, 6) is -0.898. The molecule has 0 aliphatic rings. The van der Waals surface area contributed by atoms with Crippen molar-refractivity contribution in [2.45, 2.75) is 6.92 Å². The molecule has 2 aromatic rings. The average molecular weight is 284 g/mol. The molecule has 0 aliphatic heterocycles. The van der Waals surface area contributed by atoms with Crippen molar-refractivity contribution in [3.63, 3.8) is 0 Å². The Kier molecular flexibility index (Phi) is 4.46. The van der Waals surface area contributed by atoms with Gasteiger partial charge in [-0.2, -0.15) is 0 Å². The first-order valence-corrected chi connectivity index (χ1v) is 6.15. The minimum absolute atomic E-state index is 0.00645. The summed E-state index contributed by atoms with van der Waals surface area (Å²) in [4.78, 5) is 34.0. The fourth-order valence-electron chi connectivity index (χ4n) is 1.67. The van der Waals surface area contributed by atoms with Gasteiger partial charge in [-0.05, 0) is 24.3 Å². The zero-order chi connectivity index (χ0) is 15.2. The van der Waals surface area contributed by atoms with E-state index in [2.05, 4.69) is 0 Å². The summed E-state index contributed by atoms with van der Waals surface area (Å²) in [7, 11) is 0. The first-order chi connectivity index (χ1) is 10.1. The molecular weight excluding hydrogens is 272 g/mol. The Balaban J connectivity index is 2.31. The molecule has 0 aromatic heterocycles. The summed E-state index contributed by atoms with van der Waals surface area (Å²) in [5, 5.41) is 0. The minimum atomic E-state index is -0.671. The maximum atomic E-state index is 12.1. The summed E-state index contributed by atoms with van der Waals surface area (Å²) in [6.07, 6.45) is 0.597. The fraction of sp³-hybridized carbons (Fsp3) is 0.0625. The van der Waals surface area contributed by atoms with Gasteiger partial charge in [0.2, 0.25) is 0 Å². The number of ether oxygens (including phenoxy) is 2. The van der Waals surface area contributed by atoms with Gasteiger partial charge in [-0.1, -0.05) is 24.3 Å². The van der Waals surface area contributed by atoms with E-state index in [4.69, 9.17) is 9.47 Å². The number of esters is 2. The average Bonchev–Trinajstić information content (AvgIpc) is 2.47. The Morgan fingerprint density at radius 2 is 1.71 bits per heavy atom. The monoisotopic (exact) mass is 284 g/mol. The lowest BCUT2D eigenvalue weighted by Gasteiger charge is -2.09. The van der Waals surface area contributed by atoms with Crippen LogP contribution in [0.5, 0.6) is 11.5 Å². The number of hydrogen-bond donors (Lipinski definition) is 0. The van der Waals surface area contributed by atoms with Crippen molar-refractivity contribution in [2.75, 3.05) is 0 Å². The number of carbonyl (C=O) groups is 3. The van der Waals surface area contributed by atoms with Gasteiger partial charge in [0.25, 0.3) is 0 Å². The highest BCUT2D eigenvalue weighted by molar-refractivity contribution is 5.96. The van der Waals surface area contributed by atoms with Crippen molar-refractivity contribution in [3.05, 3.63) is 59.7 Å². The summed E-state index contributed by atoms with van der Waals surface area (Å²) in [5.41, 5.74) is 0.363. The molecular formula is C16H12O5. The van der Waals surface area contributed by atoms with E-state index >= 15 is 0 Å². The largest absolute Gasteiger partial charge is 0.426 e. The van der Waals surface area contributed by atoms with Gasteiger partial charge >= 0.3 is 11.9 Å². The molecule has 0 amide bonds. The molecule has 21 heavy (non-hydrogen) atoms. The van der Waals surface area contributed by atoms with Crippen molar-refractivity contribution < 1.29 is 23.9 Å². The first kappa shape index (κ1) is 14.5. The molecule has 0 atom stereocenters. The van der Waals surface area contributed by atoms with Crippen LogP contribution in [0, 0.1) is 0 Å². The van der Waals surface area contributed by atoms with Gasteiger partial charge in [0, 0.05) is 12.5 Å². The van der Waals surface area contributed by atoms with Crippen LogP contribution in [0.2, 0.25) is 0 Å². The number of hydrogen-bond acceptors (Lipinski definition) is 5. The van der Waals surface area contributed by atoms with Crippen LogP contribution >= 0.6 is 0 Å². The molecule has 2 aromatic carbocycles. The van der Waals surface area contributed by atoms with Crippen LogP contribution in [0.1, 0.15) is 27.6 Å². The van der Waals surface area contributed by atoms with E-state index < -0.39 is 11.9 Å². The van der Waals surface area contributed by atoms with Gasteiger partial charge in [0.15, 0.2) is 0 Å². The molecule has 0 bridgehead atoms. The van der Waals surface area contributed by atoms with Crippen molar-refractivity contribution in [2.24, 2.45) is 0 Å². The lowest BCUT2D eigenvalue weighted by molar-refractivity contribution is -0.131. The van der Waals surface area contributed by atoms with E-state index in [0.29, 0.717) is 17.6 Å². The summed E-state index contributed by atoms with van der Waals surface area (Å²) < 4.78 is 10.1. The van der Waals surface area contributed by atoms with Gasteiger partial charge in [-0.15, -0.1) is 0 Å². The van der Waals surface area contributed by atoms with Crippen LogP contribution < -0.4 is 9.47 Å². The number of carbonyl (C=O) groups excluding carboxylic acids is 3. The van der Waals surface area contributed by atoms with Crippen LogP contribution in [-0.2, 0) is 4.79 Å². The maximum Gasteiger partial charge on any atom is 0.347 e. The number of aldehydes is 1. The molecule has 5 nitrogen and oxygen atoms in total. The third-order valence-electron chi connectivity index (χ3n) is 2.57. The summed E-state index contributed by atoms with van der Waals surface area (Å²) in [6, 6.07) is 12.6. The molecule has 2 rings (SSSR count). The number of benzene rings is 2. The summed E-state index contributed by atoms with van der Waals surface area (Å²) in [6.45, 7) is 1.21. The Bertz CT molecular complexity index is 676. The van der Waals surface area contributed by atoms with E-state index in [1.165, 1.54) is 25.1 Å². The van der Waals surface area contributed by atoms with Crippen LogP contribution in [-0.4, -0.2) is 18.2 Å². The molecule has 106 valence electrons. The van der Waals surface area contributed by atoms with Crippen LogP contribution in [0.3, 0.4) is 0 Å². The van der Waals surface area contributed by atoms with Gasteiger partial charge in [-0.3, -0.25) is 9.59 Å². The Morgan fingerprint density at radius 3 is 2.33 bits per heavy atom. The van der Waals surface area contributed by atoms with Crippen molar-refractivity contribution in [3.8, 4) is 11.5 Å². The van der Waals surface area contributed by atoms with Crippen molar-refractivity contribution in [1.82, 2.24) is 0 Å². The van der Waals surface area contributed by atoms with E-state index in [9.17, 15) is 14.4 Å². The van der Waals surface area contributed by atoms with Gasteiger partial charge in [0.1, 0.15) is 23.3 Å². The van der Waals surface area contributed by atoms with Crippen molar-refractivity contribution in [1.29, 1.82) is 0 Å². The minimum Gasteiger partial charge on any atom is -0.426 e. The second-order valence-corrected chi connectivity index (χ2v) is 4.17. The Labute approximate surface area is 121 Å². The summed E-state index contributed by atoms with van der Waals surface area (Å²) >= 11 is 0. The van der Waals surface area contributed by atoms with Crippen molar-refractivity contribution >= 4 is 18.2 Å². The standard InChI is InChI=1S/C16H12O5/c1-11(18)20-15-9-12(10-17)7-8-14(15)16(19)21-13-5-3-2-4-6-13/h2-10H,1H3. The second kappa shape index (κ2) is 6.47. The molecule has 0 unspecified atom stereocenters. The Hall–Kier alpha value is -2.95. The van der Waals surface area contributed by atoms with Gasteiger partial charge in [-0.25, -0.2) is 4.79 Å². The third kappa shape index (κ3) is 3.76. The zero-order valence-electron chi connectivity index (χ0n) is 11.2. The van der Waals surface area contributed by atoms with Gasteiger partial charge < -0.3 is 9.47 Å². The third-order valence-corrected chi connectivity index (χ3v) is 2.57. The number of para-hydroxylation sites is 1. The lowest BCUT2D eigenvalue weighted by atomic mass is 10.1. The molecule has 0 N–H and O–H groups in total. The highest BCUT2D eigenvalue weighted by atomic mass is 16.5. The topological polar surface area (TPSA) is 69.7 Å². The molecule has 0 fully saturated rings. The van der Waals surface area contributed by atoms with Crippen LogP contribution in [0.4, 0.5) is 0 Å². The van der Waals surface area contributed by atoms with E-state index in [1.807, 2.05) is 0 Å². The second-order valence-electron chi connectivity index (χ2n) is 4.17. The highest BCUT2D eigenvalue weighted by Gasteiger charge is 2.17. The maximum absolute atomic E-state index is 12.1. The molecule has 0 spiro atoms. The predicted molar refractivity (Wildman–Crippen MR) is 74.5 cm³/mol. The SMILES string of the molecule is CC(=O)Oc1cc(C=O)ccc1C(=O)Oc1ccccc1.